The van der Waals surface area contributed by atoms with Crippen molar-refractivity contribution in [3.63, 3.8) is 0 Å². The number of carbonyl (C=O) groups excluding carboxylic acids is 1. The molecular weight excluding hydrogens is 542 g/mol. The van der Waals surface area contributed by atoms with Crippen LogP contribution in [0.5, 0.6) is 5.88 Å². The molecule has 3 aromatic heterocycles. The lowest BCUT2D eigenvalue weighted by Crippen LogP contribution is -2.49. The molecule has 218 valence electrons. The highest BCUT2D eigenvalue weighted by atomic mass is 32.2. The molecule has 4 heterocycles. The van der Waals surface area contributed by atoms with E-state index < -0.39 is 15.9 Å². The van der Waals surface area contributed by atoms with Crippen LogP contribution < -0.4 is 14.4 Å². The lowest BCUT2D eigenvalue weighted by atomic mass is 9.53. The van der Waals surface area contributed by atoms with Gasteiger partial charge in [0, 0.05) is 37.6 Å². The van der Waals surface area contributed by atoms with Gasteiger partial charge >= 0.3 is 0 Å². The third-order valence-corrected chi connectivity index (χ3v) is 11.4. The molecule has 0 radical (unpaired) electrons. The van der Waals surface area contributed by atoms with Crippen LogP contribution in [0.25, 0.3) is 5.82 Å². The van der Waals surface area contributed by atoms with Gasteiger partial charge in [0.2, 0.25) is 5.88 Å². The average Bonchev–Trinajstić information content (AvgIpc) is 3.05. The molecule has 4 aliphatic rings. The summed E-state index contributed by atoms with van der Waals surface area (Å²) in [6.45, 7) is 9.37. The van der Waals surface area contributed by atoms with Gasteiger partial charge in [0.1, 0.15) is 10.7 Å². The average molecular weight is 580 g/mol. The summed E-state index contributed by atoms with van der Waals surface area (Å²) in [6, 6.07) is 5.15. The summed E-state index contributed by atoms with van der Waals surface area (Å²) in [7, 11) is -2.50. The van der Waals surface area contributed by atoms with Gasteiger partial charge in [-0.05, 0) is 87.7 Å². The highest BCUT2D eigenvalue weighted by Crippen LogP contribution is 2.83. The fraction of sp³-hybridized carbons (Fsp3) is 0.586. The molecule has 41 heavy (non-hydrogen) atoms. The summed E-state index contributed by atoms with van der Waals surface area (Å²) < 4.78 is 37.6. The summed E-state index contributed by atoms with van der Waals surface area (Å²) in [5, 5.41) is 8.73. The number of carbonyl (C=O) groups is 1. The number of hydrogen-bond donors (Lipinski definition) is 1. The predicted octanol–water partition coefficient (Wildman–Crippen LogP) is 3.48. The van der Waals surface area contributed by atoms with Crippen LogP contribution in [0.15, 0.2) is 35.5 Å². The van der Waals surface area contributed by atoms with Crippen molar-refractivity contribution in [2.45, 2.75) is 63.8 Å². The van der Waals surface area contributed by atoms with Gasteiger partial charge in [-0.15, -0.1) is 5.10 Å². The topological polar surface area (TPSA) is 124 Å². The Morgan fingerprint density at radius 2 is 1.98 bits per heavy atom. The molecule has 1 N–H and O–H groups in total. The normalized spacial score (nSPS) is 29.2. The molecule has 7 rings (SSSR count). The Hall–Kier alpha value is -3.41. The van der Waals surface area contributed by atoms with E-state index >= 15 is 0 Å². The second-order valence-corrected chi connectivity index (χ2v) is 14.9. The molecule has 0 aromatic carbocycles. The summed E-state index contributed by atoms with van der Waals surface area (Å²) >= 11 is 0. The first kappa shape index (κ1) is 26.5. The molecule has 11 nitrogen and oxygen atoms in total. The molecule has 1 amide bonds. The third kappa shape index (κ3) is 4.16. The van der Waals surface area contributed by atoms with Crippen LogP contribution in [0.1, 0.15) is 62.5 Å². The summed E-state index contributed by atoms with van der Waals surface area (Å²) in [6.07, 6.45) is 8.21. The minimum absolute atomic E-state index is 0.0368. The minimum atomic E-state index is -4.14. The van der Waals surface area contributed by atoms with Crippen LogP contribution in [-0.4, -0.2) is 57.6 Å². The number of nitrogens with zero attached hydrogens (tertiary/aromatic N) is 6. The summed E-state index contributed by atoms with van der Waals surface area (Å²) in [4.78, 5) is 20.5. The molecule has 5 atom stereocenters. The molecule has 4 fully saturated rings. The van der Waals surface area contributed by atoms with Gasteiger partial charge in [0.15, 0.2) is 5.82 Å². The monoisotopic (exact) mass is 579 g/mol. The first-order valence-electron chi connectivity index (χ1n) is 14.4. The number of rotatable bonds is 8. The molecule has 3 saturated carbocycles. The van der Waals surface area contributed by atoms with Gasteiger partial charge in [0.25, 0.3) is 15.9 Å². The Labute approximate surface area is 240 Å². The SMILES string of the molecule is Cc1nn(C)cc1S(=O)(=O)NC(=O)c1ccc(-n2ccc(OCC3C4CCC45CC35)n2)nc1N1C[C@@H](C)CC1(C)C. The Morgan fingerprint density at radius 1 is 1.17 bits per heavy atom. The molecular formula is C29H37N7O4S. The molecule has 1 aliphatic heterocycles. The lowest BCUT2D eigenvalue weighted by Gasteiger charge is -2.52. The van der Waals surface area contributed by atoms with Crippen LogP contribution in [0.4, 0.5) is 5.82 Å². The van der Waals surface area contributed by atoms with Gasteiger partial charge in [0.05, 0.1) is 17.9 Å². The number of ether oxygens (including phenoxy) is 1. The lowest BCUT2D eigenvalue weighted by molar-refractivity contribution is -0.0609. The molecule has 0 bridgehead atoms. The van der Waals surface area contributed by atoms with Crippen LogP contribution in [0.3, 0.4) is 0 Å². The van der Waals surface area contributed by atoms with Crippen molar-refractivity contribution in [1.29, 1.82) is 0 Å². The molecule has 12 heteroatoms. The maximum atomic E-state index is 13.5. The van der Waals surface area contributed by atoms with Crippen molar-refractivity contribution in [2.24, 2.45) is 36.1 Å². The fourth-order valence-electron chi connectivity index (χ4n) is 8.03. The number of anilines is 1. The highest BCUT2D eigenvalue weighted by Gasteiger charge is 2.77. The van der Waals surface area contributed by atoms with E-state index in [1.807, 2.05) is 6.07 Å². The smallest absolute Gasteiger partial charge is 0.268 e. The Morgan fingerprint density at radius 3 is 2.59 bits per heavy atom. The predicted molar refractivity (Wildman–Crippen MR) is 151 cm³/mol. The molecule has 3 aliphatic carbocycles. The van der Waals surface area contributed by atoms with Gasteiger partial charge in [-0.25, -0.2) is 22.8 Å². The largest absolute Gasteiger partial charge is 0.476 e. The number of aryl methyl sites for hydroxylation is 2. The standard InChI is InChI=1S/C29H37N7O4S/c1-17-12-28(3,4)35(14-17)26-19(27(37)33-41(38,39)23-15-34(5)31-18(23)2)6-7-24(30-26)36-11-9-25(32-36)40-16-20-21-8-10-29(21)13-22(20)29/h6-7,9,11,15,17,20-22H,8,10,12-14,16H2,1-5H3,(H,33,37)/t17-,20?,21?,22?,29?/m0/s1. The first-order chi connectivity index (χ1) is 19.4. The zero-order valence-electron chi connectivity index (χ0n) is 24.2. The van der Waals surface area contributed by atoms with E-state index in [4.69, 9.17) is 9.72 Å². The van der Waals surface area contributed by atoms with E-state index in [9.17, 15) is 13.2 Å². The quantitative estimate of drug-likeness (QED) is 0.430. The van der Waals surface area contributed by atoms with Gasteiger partial charge in [-0.2, -0.15) is 5.10 Å². The molecule has 4 unspecified atom stereocenters. The first-order valence-corrected chi connectivity index (χ1v) is 15.9. The van der Waals surface area contributed by atoms with Gasteiger partial charge in [-0.1, -0.05) is 6.92 Å². The summed E-state index contributed by atoms with van der Waals surface area (Å²) in [5.74, 6) is 3.49. The van der Waals surface area contributed by atoms with Crippen molar-refractivity contribution >= 4 is 21.7 Å². The van der Waals surface area contributed by atoms with E-state index in [1.165, 1.54) is 30.1 Å². The van der Waals surface area contributed by atoms with E-state index in [-0.39, 0.29) is 16.0 Å². The Balaban J connectivity index is 1.16. The van der Waals surface area contributed by atoms with E-state index in [2.05, 4.69) is 40.6 Å². The second-order valence-electron chi connectivity index (χ2n) is 13.2. The van der Waals surface area contributed by atoms with E-state index in [1.54, 1.807) is 37.0 Å². The maximum Gasteiger partial charge on any atom is 0.268 e. The van der Waals surface area contributed by atoms with Crippen molar-refractivity contribution in [2.75, 3.05) is 18.1 Å². The molecule has 1 spiro atoms. The fourth-order valence-corrected chi connectivity index (χ4v) is 9.22. The number of nitrogens with one attached hydrogen (secondary N) is 1. The van der Waals surface area contributed by atoms with Crippen LogP contribution in [0.2, 0.25) is 0 Å². The van der Waals surface area contributed by atoms with Gasteiger partial charge in [-0.3, -0.25) is 9.48 Å². The maximum absolute atomic E-state index is 13.5. The second kappa shape index (κ2) is 8.80. The van der Waals surface area contributed by atoms with Crippen LogP contribution in [-0.2, 0) is 17.1 Å². The van der Waals surface area contributed by atoms with E-state index in [0.717, 1.165) is 18.3 Å². The highest BCUT2D eigenvalue weighted by molar-refractivity contribution is 7.90. The Kier molecular flexibility index (Phi) is 5.68. The number of pyridine rings is 1. The number of sulfonamides is 1. The van der Waals surface area contributed by atoms with Crippen molar-refractivity contribution in [3.8, 4) is 11.7 Å². The zero-order chi connectivity index (χ0) is 28.9. The summed E-state index contributed by atoms with van der Waals surface area (Å²) in [5.41, 5.74) is 0.912. The van der Waals surface area contributed by atoms with Gasteiger partial charge < -0.3 is 9.64 Å². The minimum Gasteiger partial charge on any atom is -0.476 e. The van der Waals surface area contributed by atoms with Crippen molar-refractivity contribution < 1.29 is 17.9 Å². The van der Waals surface area contributed by atoms with Crippen molar-refractivity contribution in [1.82, 2.24) is 29.3 Å². The number of hydrogen-bond acceptors (Lipinski definition) is 8. The third-order valence-electron chi connectivity index (χ3n) is 10.0. The number of amides is 1. The number of aromatic nitrogens is 5. The Bertz CT molecular complexity index is 1660. The van der Waals surface area contributed by atoms with Crippen LogP contribution >= 0.6 is 0 Å². The molecule has 3 aromatic rings. The van der Waals surface area contributed by atoms with Crippen LogP contribution in [0, 0.1) is 36.0 Å². The zero-order valence-corrected chi connectivity index (χ0v) is 25.0. The molecule has 1 saturated heterocycles. The van der Waals surface area contributed by atoms with E-state index in [0.29, 0.717) is 53.6 Å². The van der Waals surface area contributed by atoms with Crippen molar-refractivity contribution in [3.05, 3.63) is 41.9 Å².